The van der Waals surface area contributed by atoms with Gasteiger partial charge in [0.2, 0.25) is 0 Å². The van der Waals surface area contributed by atoms with E-state index in [1.54, 1.807) is 6.07 Å². The van der Waals surface area contributed by atoms with Crippen LogP contribution in [0.3, 0.4) is 0 Å². The maximum Gasteiger partial charge on any atom is 0.490 e. The summed E-state index contributed by atoms with van der Waals surface area (Å²) in [7, 11) is 0. The van der Waals surface area contributed by atoms with E-state index < -0.39 is 12.1 Å². The first-order chi connectivity index (χ1) is 15.6. The predicted molar refractivity (Wildman–Crippen MR) is 117 cm³/mol. The summed E-state index contributed by atoms with van der Waals surface area (Å²) in [6, 6.07) is 8.04. The zero-order chi connectivity index (χ0) is 23.5. The smallest absolute Gasteiger partial charge is 0.490 e. The Morgan fingerprint density at radius 1 is 1.12 bits per heavy atom. The van der Waals surface area contributed by atoms with Crippen molar-refractivity contribution in [3.63, 3.8) is 0 Å². The number of fused-ring (bicyclic) bond motifs is 5. The second kappa shape index (κ2) is 7.55. The summed E-state index contributed by atoms with van der Waals surface area (Å²) in [4.78, 5) is 12.3. The molecule has 2 fully saturated rings. The standard InChI is InChI=1S/C22H24N2O2.C2HF3O2/c25-12-4-5-17-14(9-12)20-13-10-18-15-3-1-2-6-22(15,7-8-23-18)16(13)11-19(26)21(20)24-17;3-2(4,5)1(6)7/h4-5,9,11,15,18,23-26H,1-3,6-8,10H2;(H,6,7)/t15-,18+,22+;/m1./s1. The first-order valence-corrected chi connectivity index (χ1v) is 11.1. The quantitative estimate of drug-likeness (QED) is 0.333. The van der Waals surface area contributed by atoms with Crippen LogP contribution < -0.4 is 5.32 Å². The molecule has 0 radical (unpaired) electrons. The van der Waals surface area contributed by atoms with Gasteiger partial charge in [-0.3, -0.25) is 0 Å². The van der Waals surface area contributed by atoms with E-state index >= 15 is 0 Å². The Morgan fingerprint density at radius 2 is 1.88 bits per heavy atom. The molecule has 2 aromatic carbocycles. The molecule has 0 amide bonds. The lowest BCUT2D eigenvalue weighted by Gasteiger charge is -2.56. The highest BCUT2D eigenvalue weighted by Gasteiger charge is 2.52. The fourth-order valence-corrected chi connectivity index (χ4v) is 6.46. The molecule has 0 unspecified atom stereocenters. The Hall–Kier alpha value is -2.94. The Kier molecular flexibility index (Phi) is 5.00. The summed E-state index contributed by atoms with van der Waals surface area (Å²) in [6.45, 7) is 1.08. The molecule has 1 aromatic heterocycles. The van der Waals surface area contributed by atoms with E-state index in [4.69, 9.17) is 9.90 Å². The van der Waals surface area contributed by atoms with Crippen LogP contribution >= 0.6 is 0 Å². The first kappa shape index (κ1) is 21.9. The van der Waals surface area contributed by atoms with Crippen LogP contribution in [-0.4, -0.2) is 45.0 Å². The fraction of sp³-hybridized carbons (Fsp3) is 0.458. The van der Waals surface area contributed by atoms with Crippen LogP contribution in [0.1, 0.15) is 43.2 Å². The van der Waals surface area contributed by atoms with Crippen LogP contribution in [0.5, 0.6) is 11.5 Å². The van der Waals surface area contributed by atoms with Crippen LogP contribution in [0, 0.1) is 5.92 Å². The summed E-state index contributed by atoms with van der Waals surface area (Å²) < 4.78 is 31.7. The molecule has 2 aliphatic carbocycles. The number of hydrogen-bond donors (Lipinski definition) is 5. The number of carboxylic acids is 1. The van der Waals surface area contributed by atoms with Gasteiger partial charge < -0.3 is 25.6 Å². The van der Waals surface area contributed by atoms with Crippen LogP contribution in [0.15, 0.2) is 24.3 Å². The molecular weight excluding hydrogens is 437 g/mol. The number of phenols is 2. The fourth-order valence-electron chi connectivity index (χ4n) is 6.46. The average molecular weight is 462 g/mol. The lowest BCUT2D eigenvalue weighted by atomic mass is 9.52. The second-order valence-electron chi connectivity index (χ2n) is 9.35. The van der Waals surface area contributed by atoms with Gasteiger partial charge in [-0.1, -0.05) is 12.8 Å². The highest BCUT2D eigenvalue weighted by atomic mass is 19.4. The number of aromatic amines is 1. The molecule has 2 bridgehead atoms. The molecule has 2 heterocycles. The molecule has 1 aliphatic heterocycles. The Bertz CT molecular complexity index is 1250. The van der Waals surface area contributed by atoms with Crippen molar-refractivity contribution in [2.24, 2.45) is 5.92 Å². The van der Waals surface area contributed by atoms with Crippen LogP contribution in [0.2, 0.25) is 0 Å². The van der Waals surface area contributed by atoms with Crippen molar-refractivity contribution in [3.8, 4) is 11.5 Å². The number of benzene rings is 2. The van der Waals surface area contributed by atoms with Gasteiger partial charge >= 0.3 is 12.1 Å². The Morgan fingerprint density at radius 3 is 2.61 bits per heavy atom. The van der Waals surface area contributed by atoms with E-state index in [0.717, 1.165) is 34.8 Å². The van der Waals surface area contributed by atoms with Crippen molar-refractivity contribution in [2.45, 2.75) is 56.2 Å². The number of hydrogen-bond acceptors (Lipinski definition) is 4. The normalized spacial score (nSPS) is 26.3. The van der Waals surface area contributed by atoms with Crippen molar-refractivity contribution in [1.82, 2.24) is 10.3 Å². The Labute approximate surface area is 187 Å². The van der Waals surface area contributed by atoms with E-state index in [0.29, 0.717) is 17.7 Å². The maximum atomic E-state index is 10.9. The van der Waals surface area contributed by atoms with E-state index in [1.807, 2.05) is 12.1 Å². The molecule has 1 saturated heterocycles. The van der Waals surface area contributed by atoms with Gasteiger partial charge in [-0.2, -0.15) is 13.2 Å². The number of aromatic hydroxyl groups is 2. The largest absolute Gasteiger partial charge is 0.508 e. The first-order valence-electron chi connectivity index (χ1n) is 11.1. The van der Waals surface area contributed by atoms with E-state index in [9.17, 15) is 23.4 Å². The summed E-state index contributed by atoms with van der Waals surface area (Å²) in [6.07, 6.45) is 2.25. The number of rotatable bonds is 0. The number of alkyl halides is 3. The minimum Gasteiger partial charge on any atom is -0.508 e. The minimum atomic E-state index is -5.08. The number of H-pyrrole nitrogens is 1. The van der Waals surface area contributed by atoms with Gasteiger partial charge in [0.25, 0.3) is 0 Å². The zero-order valence-corrected chi connectivity index (χ0v) is 17.8. The number of halogens is 3. The summed E-state index contributed by atoms with van der Waals surface area (Å²) in [5.74, 6) is -1.44. The number of piperidine rings is 1. The molecular formula is C24H25F3N2O4. The summed E-state index contributed by atoms with van der Waals surface area (Å²) >= 11 is 0. The lowest BCUT2D eigenvalue weighted by molar-refractivity contribution is -0.192. The third-order valence-electron chi connectivity index (χ3n) is 7.71. The number of aromatic nitrogens is 1. The number of phenolic OH excluding ortho intramolecular Hbond substituents is 2. The van der Waals surface area contributed by atoms with E-state index in [2.05, 4.69) is 16.4 Å². The SMILES string of the molecule is O=C(O)C(F)(F)F.Oc1ccc2[nH]c3c(O)cc4c(c3c2c1)C[C@@H]1NCC[C@]42CCCC[C@H]12. The third-order valence-corrected chi connectivity index (χ3v) is 7.71. The van der Waals surface area contributed by atoms with Crippen LogP contribution in [0.25, 0.3) is 21.8 Å². The van der Waals surface area contributed by atoms with Crippen molar-refractivity contribution >= 4 is 27.8 Å². The molecule has 3 atom stereocenters. The van der Waals surface area contributed by atoms with Gasteiger partial charge in [0.1, 0.15) is 11.5 Å². The van der Waals surface area contributed by atoms with Gasteiger partial charge in [-0.15, -0.1) is 0 Å². The molecule has 3 aliphatic rings. The van der Waals surface area contributed by atoms with Crippen LogP contribution in [-0.2, 0) is 16.6 Å². The van der Waals surface area contributed by atoms with Gasteiger partial charge in [0.05, 0.1) is 5.52 Å². The van der Waals surface area contributed by atoms with Gasteiger partial charge in [-0.05, 0) is 73.5 Å². The van der Waals surface area contributed by atoms with Crippen molar-refractivity contribution < 1.29 is 33.3 Å². The molecule has 5 N–H and O–H groups in total. The molecule has 6 rings (SSSR count). The van der Waals surface area contributed by atoms with Crippen molar-refractivity contribution in [2.75, 3.05) is 6.54 Å². The number of aliphatic carboxylic acids is 1. The molecule has 0 spiro atoms. The molecule has 9 heteroatoms. The summed E-state index contributed by atoms with van der Waals surface area (Å²) in [5, 5.41) is 34.0. The Balaban J connectivity index is 0.000000287. The predicted octanol–water partition coefficient (Wildman–Crippen LogP) is 4.71. The lowest BCUT2D eigenvalue weighted by Crippen LogP contribution is -2.59. The van der Waals surface area contributed by atoms with E-state index in [-0.39, 0.29) is 11.2 Å². The molecule has 33 heavy (non-hydrogen) atoms. The number of carbonyl (C=O) groups is 1. The van der Waals surface area contributed by atoms with Gasteiger partial charge in [0, 0.05) is 27.7 Å². The van der Waals surface area contributed by atoms with Gasteiger partial charge in [-0.25, -0.2) is 4.79 Å². The number of carboxylic acid groups (broad SMARTS) is 1. The average Bonchev–Trinajstić information content (AvgIpc) is 3.14. The monoisotopic (exact) mass is 462 g/mol. The molecule has 176 valence electrons. The highest BCUT2D eigenvalue weighted by molar-refractivity contribution is 6.12. The van der Waals surface area contributed by atoms with Crippen molar-refractivity contribution in [3.05, 3.63) is 35.4 Å². The van der Waals surface area contributed by atoms with Gasteiger partial charge in [0.15, 0.2) is 0 Å². The highest BCUT2D eigenvalue weighted by Crippen LogP contribution is 2.56. The van der Waals surface area contributed by atoms with Crippen molar-refractivity contribution in [1.29, 1.82) is 0 Å². The third kappa shape index (κ3) is 3.40. The topological polar surface area (TPSA) is 106 Å². The van der Waals surface area contributed by atoms with Crippen LogP contribution in [0.4, 0.5) is 13.2 Å². The molecule has 6 nitrogen and oxygen atoms in total. The molecule has 3 aromatic rings. The van der Waals surface area contributed by atoms with E-state index in [1.165, 1.54) is 43.2 Å². The minimum absolute atomic E-state index is 0.216. The number of nitrogens with one attached hydrogen (secondary N) is 2. The summed E-state index contributed by atoms with van der Waals surface area (Å²) in [5.41, 5.74) is 4.77. The molecule has 1 saturated carbocycles. The second-order valence-corrected chi connectivity index (χ2v) is 9.35. The maximum absolute atomic E-state index is 10.9. The zero-order valence-electron chi connectivity index (χ0n) is 17.8.